The molecule has 0 bridgehead atoms. The van der Waals surface area contributed by atoms with Gasteiger partial charge < -0.3 is 10.1 Å². The fourth-order valence-corrected chi connectivity index (χ4v) is 3.49. The van der Waals surface area contributed by atoms with Crippen LogP contribution >= 0.6 is 0 Å². The van der Waals surface area contributed by atoms with Crippen LogP contribution in [0.3, 0.4) is 0 Å². The Morgan fingerprint density at radius 3 is 2.86 bits per heavy atom. The van der Waals surface area contributed by atoms with Crippen molar-refractivity contribution in [3.05, 3.63) is 65.7 Å². The number of amides is 2. The van der Waals surface area contributed by atoms with E-state index in [9.17, 15) is 9.59 Å². The van der Waals surface area contributed by atoms with Crippen molar-refractivity contribution in [2.24, 2.45) is 0 Å². The predicted octanol–water partition coefficient (Wildman–Crippen LogP) is 3.22. The second-order valence-electron chi connectivity index (χ2n) is 6.68. The Morgan fingerprint density at radius 2 is 2.00 bits per heavy atom. The highest BCUT2D eigenvalue weighted by molar-refractivity contribution is 6.09. The quantitative estimate of drug-likeness (QED) is 0.672. The van der Waals surface area contributed by atoms with Gasteiger partial charge in [-0.15, -0.1) is 0 Å². The number of methoxy groups -OCH3 is 1. The molecule has 4 rings (SSSR count). The minimum Gasteiger partial charge on any atom is -0.385 e. The lowest BCUT2D eigenvalue weighted by atomic mass is 10.1. The number of hydrogen-bond donors (Lipinski definition) is 1. The van der Waals surface area contributed by atoms with E-state index in [-0.39, 0.29) is 11.8 Å². The summed E-state index contributed by atoms with van der Waals surface area (Å²) in [5.41, 5.74) is 3.12. The Bertz CT molecular complexity index is 1050. The molecule has 6 nitrogen and oxygen atoms in total. The fourth-order valence-electron chi connectivity index (χ4n) is 3.49. The van der Waals surface area contributed by atoms with Gasteiger partial charge in [0.2, 0.25) is 5.91 Å². The van der Waals surface area contributed by atoms with E-state index in [1.54, 1.807) is 24.1 Å². The molecule has 2 amide bonds. The van der Waals surface area contributed by atoms with Crippen molar-refractivity contribution in [1.29, 1.82) is 0 Å². The molecule has 0 atom stereocenters. The molecule has 0 radical (unpaired) electrons. The summed E-state index contributed by atoms with van der Waals surface area (Å²) in [6.45, 7) is 1.15. The topological polar surface area (TPSA) is 71.5 Å². The molecule has 0 fully saturated rings. The fraction of sp³-hybridized carbons (Fsp3) is 0.227. The van der Waals surface area contributed by atoms with E-state index in [2.05, 4.69) is 10.3 Å². The van der Waals surface area contributed by atoms with Gasteiger partial charge in [0.05, 0.1) is 17.6 Å². The normalized spacial score (nSPS) is 13.0. The first-order valence-electron chi connectivity index (χ1n) is 9.27. The van der Waals surface area contributed by atoms with Gasteiger partial charge in [0.25, 0.3) is 5.91 Å². The molecule has 1 aromatic heterocycles. The van der Waals surface area contributed by atoms with Gasteiger partial charge in [-0.1, -0.05) is 24.3 Å². The Kier molecular flexibility index (Phi) is 5.04. The molecule has 142 valence electrons. The number of nitrogens with zero attached hydrogens (tertiary/aromatic N) is 2. The molecule has 0 saturated carbocycles. The molecule has 1 aliphatic heterocycles. The van der Waals surface area contributed by atoms with Gasteiger partial charge in [0, 0.05) is 31.2 Å². The van der Waals surface area contributed by atoms with Gasteiger partial charge in [0.1, 0.15) is 5.82 Å². The van der Waals surface area contributed by atoms with Gasteiger partial charge in [-0.05, 0) is 42.3 Å². The number of aromatic nitrogens is 1. The van der Waals surface area contributed by atoms with Crippen molar-refractivity contribution < 1.29 is 14.3 Å². The van der Waals surface area contributed by atoms with Crippen LogP contribution in [0, 0.1) is 0 Å². The third-order valence-corrected chi connectivity index (χ3v) is 4.83. The zero-order chi connectivity index (χ0) is 19.5. The van der Waals surface area contributed by atoms with Crippen molar-refractivity contribution in [1.82, 2.24) is 10.3 Å². The van der Waals surface area contributed by atoms with E-state index in [0.717, 1.165) is 23.1 Å². The summed E-state index contributed by atoms with van der Waals surface area (Å²) < 4.78 is 5.00. The van der Waals surface area contributed by atoms with Gasteiger partial charge in [-0.25, -0.2) is 4.98 Å². The smallest absolute Gasteiger partial charge is 0.251 e. The summed E-state index contributed by atoms with van der Waals surface area (Å²) in [4.78, 5) is 31.4. The zero-order valence-corrected chi connectivity index (χ0v) is 15.6. The number of carbonyl (C=O) groups excluding carboxylic acids is 2. The summed E-state index contributed by atoms with van der Waals surface area (Å²) in [5, 5.41) is 3.66. The number of carbonyl (C=O) groups is 2. The summed E-state index contributed by atoms with van der Waals surface area (Å²) in [5.74, 6) is 0.430. The molecular weight excluding hydrogens is 354 g/mol. The second kappa shape index (κ2) is 7.78. The SMILES string of the molecule is COCCCNC(=O)c1cccc2nc(N3C(=O)Cc4ccccc43)ccc12. The lowest BCUT2D eigenvalue weighted by molar-refractivity contribution is -0.116. The molecule has 0 aliphatic carbocycles. The first-order valence-corrected chi connectivity index (χ1v) is 9.27. The maximum Gasteiger partial charge on any atom is 0.251 e. The van der Waals surface area contributed by atoms with E-state index in [1.807, 2.05) is 42.5 Å². The van der Waals surface area contributed by atoms with Crippen LogP contribution in [0.4, 0.5) is 11.5 Å². The number of benzene rings is 2. The van der Waals surface area contributed by atoms with E-state index in [0.29, 0.717) is 36.5 Å². The van der Waals surface area contributed by atoms with E-state index < -0.39 is 0 Å². The van der Waals surface area contributed by atoms with Crippen LogP contribution in [0.15, 0.2) is 54.6 Å². The molecule has 6 heteroatoms. The highest BCUT2D eigenvalue weighted by Gasteiger charge is 2.29. The first-order chi connectivity index (χ1) is 13.7. The molecule has 0 saturated heterocycles. The molecule has 3 aromatic rings. The Labute approximate surface area is 163 Å². The van der Waals surface area contributed by atoms with Crippen molar-refractivity contribution in [2.75, 3.05) is 25.2 Å². The Balaban J connectivity index is 1.64. The largest absolute Gasteiger partial charge is 0.385 e. The number of nitrogens with one attached hydrogen (secondary N) is 1. The van der Waals surface area contributed by atoms with Crippen molar-refractivity contribution in [3.63, 3.8) is 0 Å². The van der Waals surface area contributed by atoms with E-state index in [4.69, 9.17) is 4.74 Å². The summed E-state index contributed by atoms with van der Waals surface area (Å²) in [6.07, 6.45) is 1.13. The molecule has 1 N–H and O–H groups in total. The lowest BCUT2D eigenvalue weighted by Crippen LogP contribution is -2.25. The average Bonchev–Trinajstić information content (AvgIpc) is 3.06. The predicted molar refractivity (Wildman–Crippen MR) is 108 cm³/mol. The third-order valence-electron chi connectivity index (χ3n) is 4.83. The molecule has 2 heterocycles. The number of ether oxygens (including phenoxy) is 1. The number of hydrogen-bond acceptors (Lipinski definition) is 4. The molecular formula is C22H21N3O3. The summed E-state index contributed by atoms with van der Waals surface area (Å²) in [7, 11) is 1.64. The minimum atomic E-state index is -0.140. The minimum absolute atomic E-state index is 0.0000840. The van der Waals surface area contributed by atoms with Crippen LogP contribution in [0.5, 0.6) is 0 Å². The maximum atomic E-state index is 12.5. The summed E-state index contributed by atoms with van der Waals surface area (Å²) >= 11 is 0. The molecule has 28 heavy (non-hydrogen) atoms. The Hall–Kier alpha value is -3.25. The molecule has 1 aliphatic rings. The van der Waals surface area contributed by atoms with Crippen LogP contribution in [0.1, 0.15) is 22.3 Å². The molecule has 0 spiro atoms. The highest BCUT2D eigenvalue weighted by Crippen LogP contribution is 2.35. The van der Waals surface area contributed by atoms with Gasteiger partial charge in [0.15, 0.2) is 0 Å². The third kappa shape index (κ3) is 3.34. The number of fused-ring (bicyclic) bond motifs is 2. The van der Waals surface area contributed by atoms with Crippen LogP contribution in [-0.4, -0.2) is 37.1 Å². The number of para-hydroxylation sites is 1. The Morgan fingerprint density at radius 1 is 1.14 bits per heavy atom. The van der Waals surface area contributed by atoms with Gasteiger partial charge >= 0.3 is 0 Å². The monoisotopic (exact) mass is 375 g/mol. The number of anilines is 2. The highest BCUT2D eigenvalue weighted by atomic mass is 16.5. The van der Waals surface area contributed by atoms with Crippen molar-refractivity contribution in [2.45, 2.75) is 12.8 Å². The van der Waals surface area contributed by atoms with Crippen LogP contribution < -0.4 is 10.2 Å². The van der Waals surface area contributed by atoms with Gasteiger partial charge in [-0.2, -0.15) is 0 Å². The second-order valence-corrected chi connectivity index (χ2v) is 6.68. The van der Waals surface area contributed by atoms with Crippen LogP contribution in [0.25, 0.3) is 10.9 Å². The van der Waals surface area contributed by atoms with Crippen LogP contribution in [0.2, 0.25) is 0 Å². The van der Waals surface area contributed by atoms with Crippen molar-refractivity contribution >= 4 is 34.2 Å². The van der Waals surface area contributed by atoms with Gasteiger partial charge in [-0.3, -0.25) is 14.5 Å². The standard InChI is InChI=1S/C22H21N3O3/c1-28-13-5-12-23-22(27)17-7-4-8-18-16(17)10-11-20(24-18)25-19-9-3-2-6-15(19)14-21(25)26/h2-4,6-11H,5,12-14H2,1H3,(H,23,27). The molecule has 0 unspecified atom stereocenters. The zero-order valence-electron chi connectivity index (χ0n) is 15.6. The average molecular weight is 375 g/mol. The number of rotatable bonds is 6. The van der Waals surface area contributed by atoms with E-state index >= 15 is 0 Å². The molecule has 2 aromatic carbocycles. The maximum absolute atomic E-state index is 12.5. The van der Waals surface area contributed by atoms with Crippen LogP contribution in [-0.2, 0) is 16.0 Å². The van der Waals surface area contributed by atoms with E-state index in [1.165, 1.54) is 0 Å². The first kappa shape index (κ1) is 18.1. The number of pyridine rings is 1. The summed E-state index contributed by atoms with van der Waals surface area (Å²) in [6, 6.07) is 16.8. The lowest BCUT2D eigenvalue weighted by Gasteiger charge is -2.17. The van der Waals surface area contributed by atoms with Crippen molar-refractivity contribution in [3.8, 4) is 0 Å².